The van der Waals surface area contributed by atoms with Crippen molar-refractivity contribution in [2.24, 2.45) is 0 Å². The van der Waals surface area contributed by atoms with Crippen LogP contribution in [-0.2, 0) is 0 Å². The Kier molecular flexibility index (Phi) is 4.41. The number of aromatic nitrogens is 1. The fraction of sp³-hybridized carbons (Fsp3) is 0.154. The molecule has 0 atom stereocenters. The molecule has 0 saturated carbocycles. The Hall–Kier alpha value is -2.28. The molecule has 0 saturated heterocycles. The van der Waals surface area contributed by atoms with Crippen molar-refractivity contribution in [1.82, 2.24) is 4.98 Å². The first kappa shape index (κ1) is 14.1. The first-order chi connectivity index (χ1) is 9.61. The predicted octanol–water partition coefficient (Wildman–Crippen LogP) is 2.91. The van der Waals surface area contributed by atoms with E-state index in [1.807, 2.05) is 24.3 Å². The van der Waals surface area contributed by atoms with Crippen molar-refractivity contribution in [2.45, 2.75) is 4.90 Å². The number of hydrogen-bond donors (Lipinski definition) is 1. The summed E-state index contributed by atoms with van der Waals surface area (Å²) in [6, 6.07) is 8.61. The van der Waals surface area contributed by atoms with Crippen LogP contribution in [0.25, 0.3) is 0 Å². The van der Waals surface area contributed by atoms with Crippen LogP contribution in [0.2, 0.25) is 0 Å². The van der Waals surface area contributed by atoms with Crippen LogP contribution >= 0.6 is 11.8 Å². The van der Waals surface area contributed by atoms with Gasteiger partial charge in [0.05, 0.1) is 29.7 Å². The van der Waals surface area contributed by atoms with E-state index in [2.05, 4.69) is 4.98 Å². The molecular weight excluding hydrogens is 280 g/mol. The van der Waals surface area contributed by atoms with Gasteiger partial charge in [-0.25, -0.2) is 0 Å². The molecule has 1 aromatic carbocycles. The van der Waals surface area contributed by atoms with Gasteiger partial charge in [-0.3, -0.25) is 14.9 Å². The molecule has 0 aliphatic carbocycles. The summed E-state index contributed by atoms with van der Waals surface area (Å²) in [5, 5.41) is 10.6. The van der Waals surface area contributed by atoms with Crippen LogP contribution in [0, 0.1) is 10.1 Å². The van der Waals surface area contributed by atoms with Gasteiger partial charge in [-0.1, -0.05) is 12.1 Å². The summed E-state index contributed by atoms with van der Waals surface area (Å²) in [6.07, 6.45) is 1.21. The molecule has 0 amide bonds. The second kappa shape index (κ2) is 6.25. The number of para-hydroxylation sites is 1. The fourth-order valence-electron chi connectivity index (χ4n) is 1.61. The molecule has 0 radical (unpaired) electrons. The van der Waals surface area contributed by atoms with E-state index in [0.29, 0.717) is 5.75 Å². The third-order valence-electron chi connectivity index (χ3n) is 2.61. The second-order valence-corrected chi connectivity index (χ2v) is 4.91. The molecule has 0 fully saturated rings. The van der Waals surface area contributed by atoms with Gasteiger partial charge in [-0.15, -0.1) is 11.8 Å². The van der Waals surface area contributed by atoms with Gasteiger partial charge in [-0.05, 0) is 12.1 Å². The van der Waals surface area contributed by atoms with E-state index in [9.17, 15) is 14.9 Å². The smallest absolute Gasteiger partial charge is 0.287 e. The van der Waals surface area contributed by atoms with E-state index in [1.165, 1.54) is 24.0 Å². The van der Waals surface area contributed by atoms with Crippen LogP contribution in [0.15, 0.2) is 41.4 Å². The molecule has 0 bridgehead atoms. The monoisotopic (exact) mass is 292 g/mol. The van der Waals surface area contributed by atoms with Crippen LogP contribution in [-0.4, -0.2) is 28.6 Å². The minimum Gasteiger partial charge on any atom is -0.496 e. The Balaban J connectivity index is 2.03. The van der Waals surface area contributed by atoms with E-state index in [-0.39, 0.29) is 22.9 Å². The minimum absolute atomic E-state index is 0.115. The number of nitro groups is 1. The topological polar surface area (TPSA) is 85.2 Å². The van der Waals surface area contributed by atoms with E-state index in [4.69, 9.17) is 4.74 Å². The largest absolute Gasteiger partial charge is 0.496 e. The zero-order valence-electron chi connectivity index (χ0n) is 10.7. The molecule has 20 heavy (non-hydrogen) atoms. The van der Waals surface area contributed by atoms with Gasteiger partial charge in [0, 0.05) is 11.0 Å². The number of nitrogens with zero attached hydrogens (tertiary/aromatic N) is 1. The second-order valence-electron chi connectivity index (χ2n) is 3.89. The zero-order chi connectivity index (χ0) is 14.5. The molecule has 6 nitrogen and oxygen atoms in total. The number of ketones is 1. The standard InChI is InChI=1S/C13H12N2O4S/c1-19-12-4-2-3-5-13(12)20-8-11(16)10-6-9(7-14-10)15(17)18/h2-7,14H,8H2,1H3. The highest BCUT2D eigenvalue weighted by molar-refractivity contribution is 8.00. The molecular formula is C13H12N2O4S. The lowest BCUT2D eigenvalue weighted by Crippen LogP contribution is -2.02. The molecule has 0 aliphatic heterocycles. The number of methoxy groups -OCH3 is 1. The first-order valence-corrected chi connectivity index (χ1v) is 6.72. The number of benzene rings is 1. The quantitative estimate of drug-likeness (QED) is 0.383. The maximum Gasteiger partial charge on any atom is 0.287 e. The number of ether oxygens (including phenoxy) is 1. The predicted molar refractivity (Wildman–Crippen MR) is 75.5 cm³/mol. The zero-order valence-corrected chi connectivity index (χ0v) is 11.5. The molecule has 0 aliphatic rings. The average molecular weight is 292 g/mol. The molecule has 7 heteroatoms. The van der Waals surface area contributed by atoms with Crippen molar-refractivity contribution in [3.8, 4) is 5.75 Å². The molecule has 1 N–H and O–H groups in total. The molecule has 1 heterocycles. The molecule has 0 unspecified atom stereocenters. The van der Waals surface area contributed by atoms with Crippen molar-refractivity contribution < 1.29 is 14.5 Å². The maximum absolute atomic E-state index is 11.9. The summed E-state index contributed by atoms with van der Waals surface area (Å²) in [4.78, 5) is 25.4. The van der Waals surface area contributed by atoms with Crippen molar-refractivity contribution in [2.75, 3.05) is 12.9 Å². The third kappa shape index (κ3) is 3.18. The minimum atomic E-state index is -0.541. The summed E-state index contributed by atoms with van der Waals surface area (Å²) in [5.41, 5.74) is 0.120. The number of H-pyrrole nitrogens is 1. The Labute approximate surface area is 119 Å². The summed E-state index contributed by atoms with van der Waals surface area (Å²) in [7, 11) is 1.57. The highest BCUT2D eigenvalue weighted by atomic mass is 32.2. The van der Waals surface area contributed by atoms with Gasteiger partial charge in [0.2, 0.25) is 0 Å². The maximum atomic E-state index is 11.9. The summed E-state index contributed by atoms with van der Waals surface area (Å²) in [5.74, 6) is 0.676. The van der Waals surface area contributed by atoms with Crippen molar-refractivity contribution in [3.63, 3.8) is 0 Å². The first-order valence-electron chi connectivity index (χ1n) is 5.73. The van der Waals surface area contributed by atoms with Gasteiger partial charge in [0.25, 0.3) is 5.69 Å². The SMILES string of the molecule is COc1ccccc1SCC(=O)c1cc([N+](=O)[O-])c[nH]1. The van der Waals surface area contributed by atoms with Gasteiger partial charge in [0.1, 0.15) is 5.75 Å². The van der Waals surface area contributed by atoms with Crippen LogP contribution in [0.3, 0.4) is 0 Å². The number of aromatic amines is 1. The van der Waals surface area contributed by atoms with E-state index in [1.54, 1.807) is 7.11 Å². The van der Waals surface area contributed by atoms with E-state index < -0.39 is 4.92 Å². The van der Waals surface area contributed by atoms with Crippen molar-refractivity contribution in [1.29, 1.82) is 0 Å². The summed E-state index contributed by atoms with van der Waals surface area (Å²) >= 11 is 1.33. The number of carbonyl (C=O) groups is 1. The number of thioether (sulfide) groups is 1. The molecule has 2 aromatic rings. The average Bonchev–Trinajstić information content (AvgIpc) is 2.95. The van der Waals surface area contributed by atoms with Gasteiger partial charge >= 0.3 is 0 Å². The third-order valence-corrected chi connectivity index (χ3v) is 3.66. The molecule has 104 valence electrons. The Morgan fingerprint density at radius 3 is 2.85 bits per heavy atom. The van der Waals surface area contributed by atoms with E-state index >= 15 is 0 Å². The number of carbonyl (C=O) groups excluding carboxylic acids is 1. The van der Waals surface area contributed by atoms with Gasteiger partial charge < -0.3 is 9.72 Å². The highest BCUT2D eigenvalue weighted by Crippen LogP contribution is 2.29. The van der Waals surface area contributed by atoms with Crippen LogP contribution in [0.4, 0.5) is 5.69 Å². The van der Waals surface area contributed by atoms with Crippen molar-refractivity contribution in [3.05, 3.63) is 52.3 Å². The van der Waals surface area contributed by atoms with Crippen molar-refractivity contribution >= 4 is 23.2 Å². The normalized spacial score (nSPS) is 10.2. The van der Waals surface area contributed by atoms with Crippen LogP contribution < -0.4 is 4.74 Å². The van der Waals surface area contributed by atoms with Gasteiger partial charge in [-0.2, -0.15) is 0 Å². The lowest BCUT2D eigenvalue weighted by Gasteiger charge is -2.06. The number of hydrogen-bond acceptors (Lipinski definition) is 5. The Bertz CT molecular complexity index is 639. The Morgan fingerprint density at radius 2 is 2.20 bits per heavy atom. The number of nitrogens with one attached hydrogen (secondary N) is 1. The summed E-state index contributed by atoms with van der Waals surface area (Å²) in [6.45, 7) is 0. The summed E-state index contributed by atoms with van der Waals surface area (Å²) < 4.78 is 5.19. The molecule has 1 aromatic heterocycles. The Morgan fingerprint density at radius 1 is 1.45 bits per heavy atom. The van der Waals surface area contributed by atoms with Crippen LogP contribution in [0.1, 0.15) is 10.5 Å². The lowest BCUT2D eigenvalue weighted by molar-refractivity contribution is -0.384. The van der Waals surface area contributed by atoms with Gasteiger partial charge in [0.15, 0.2) is 5.78 Å². The number of rotatable bonds is 6. The molecule has 0 spiro atoms. The van der Waals surface area contributed by atoms with E-state index in [0.717, 1.165) is 4.90 Å². The fourth-order valence-corrected chi connectivity index (χ4v) is 2.52. The van der Waals surface area contributed by atoms with Crippen LogP contribution in [0.5, 0.6) is 5.75 Å². The number of Topliss-reactive ketones (excluding diaryl/α,β-unsaturated/α-hetero) is 1. The molecule has 2 rings (SSSR count). The highest BCUT2D eigenvalue weighted by Gasteiger charge is 2.15. The lowest BCUT2D eigenvalue weighted by atomic mass is 10.3.